The molecule has 1 N–H and O–H groups in total. The van der Waals surface area contributed by atoms with Gasteiger partial charge in [0.15, 0.2) is 0 Å². The number of sulfonamides is 1. The average molecular weight is 342 g/mol. The average Bonchev–Trinajstić information content (AvgIpc) is 2.77. The van der Waals surface area contributed by atoms with Crippen LogP contribution in [0.4, 0.5) is 0 Å². The maximum Gasteiger partial charge on any atom is 1.00 e. The molecule has 0 radical (unpaired) electrons. The van der Waals surface area contributed by atoms with Gasteiger partial charge in [0.05, 0.1) is 0 Å². The first-order valence-electron chi connectivity index (χ1n) is 6.44. The van der Waals surface area contributed by atoms with E-state index in [4.69, 9.17) is 5.11 Å². The number of thiophene rings is 1. The minimum Gasteiger partial charge on any atom is -0.658 e. The molecule has 1 heterocycles. The Balaban J connectivity index is 0. The smallest absolute Gasteiger partial charge is 0.658 e. The topological polar surface area (TPSA) is 88.8 Å². The third-order valence-corrected chi connectivity index (χ3v) is 5.48. The van der Waals surface area contributed by atoms with Gasteiger partial charge in [0, 0.05) is 14.1 Å². The van der Waals surface area contributed by atoms with Gasteiger partial charge in [-0.15, -0.1) is 23.4 Å². The molecule has 0 aliphatic heterocycles. The summed E-state index contributed by atoms with van der Waals surface area (Å²) in [5.74, 6) is -1.12. The monoisotopic (exact) mass is 342 g/mol. The Bertz CT molecular complexity index is 548. The van der Waals surface area contributed by atoms with Crippen molar-refractivity contribution in [2.45, 2.75) is 44.0 Å². The molecule has 0 aliphatic carbocycles. The molecule has 0 spiro atoms. The first kappa shape index (κ1) is 23.9. The van der Waals surface area contributed by atoms with E-state index >= 15 is 0 Å². The van der Waals surface area contributed by atoms with Crippen LogP contribution >= 0.6 is 11.3 Å². The maximum atomic E-state index is 11.5. The fourth-order valence-corrected chi connectivity index (χ4v) is 3.66. The number of carboxylic acid groups (broad SMARTS) is 1. The Morgan fingerprint density at radius 2 is 1.64 bits per heavy atom. The molecule has 22 heavy (non-hydrogen) atoms. The van der Waals surface area contributed by atoms with Crippen LogP contribution in [-0.2, 0) is 10.0 Å². The van der Waals surface area contributed by atoms with Crippen LogP contribution in [0.25, 0.3) is 5.32 Å². The van der Waals surface area contributed by atoms with E-state index in [0.717, 1.165) is 15.6 Å². The standard InChI is InChI=1S/C7H9NO4S2.C6H14N.Li/c1-8(2)14(11,12)6-4-3-5(13-6)7(9)10;1-5(2)7-6(3)4;/h3-4H,1-2H3,(H,9,10);5-6H,1-4H3;/q;-1;+1. The molecule has 0 aliphatic rings. The summed E-state index contributed by atoms with van der Waals surface area (Å²) in [4.78, 5) is 10.5. The zero-order valence-electron chi connectivity index (χ0n) is 14.2. The Morgan fingerprint density at radius 1 is 1.18 bits per heavy atom. The molecule has 0 aromatic carbocycles. The van der Waals surface area contributed by atoms with Crippen LogP contribution in [0.15, 0.2) is 16.3 Å². The first-order chi connectivity index (χ1) is 9.48. The quantitative estimate of drug-likeness (QED) is 0.756. The van der Waals surface area contributed by atoms with Gasteiger partial charge in [-0.3, -0.25) is 0 Å². The van der Waals surface area contributed by atoms with Crippen molar-refractivity contribution >= 4 is 27.3 Å². The van der Waals surface area contributed by atoms with Crippen molar-refractivity contribution in [2.75, 3.05) is 14.1 Å². The van der Waals surface area contributed by atoms with E-state index in [1.807, 2.05) is 0 Å². The maximum absolute atomic E-state index is 11.5. The predicted molar refractivity (Wildman–Crippen MR) is 85.8 cm³/mol. The zero-order valence-corrected chi connectivity index (χ0v) is 15.8. The zero-order chi connectivity index (χ0) is 16.8. The molecule has 0 unspecified atom stereocenters. The Morgan fingerprint density at radius 3 is 1.86 bits per heavy atom. The molecule has 122 valence electrons. The number of nitrogens with zero attached hydrogens (tertiary/aromatic N) is 2. The van der Waals surface area contributed by atoms with Crippen LogP contribution in [0.1, 0.15) is 37.4 Å². The molecular weight excluding hydrogens is 319 g/mol. The second-order valence-corrected chi connectivity index (χ2v) is 8.51. The van der Waals surface area contributed by atoms with E-state index in [-0.39, 0.29) is 27.9 Å². The van der Waals surface area contributed by atoms with Crippen LogP contribution in [0.5, 0.6) is 0 Å². The summed E-state index contributed by atoms with van der Waals surface area (Å²) in [6.45, 7) is 8.39. The van der Waals surface area contributed by atoms with Gasteiger partial charge in [-0.25, -0.2) is 17.5 Å². The molecule has 0 fully saturated rings. The largest absolute Gasteiger partial charge is 1.00 e. The van der Waals surface area contributed by atoms with Crippen LogP contribution < -0.4 is 18.9 Å². The second-order valence-electron chi connectivity index (χ2n) is 5.05. The van der Waals surface area contributed by atoms with Crippen molar-refractivity contribution in [1.29, 1.82) is 0 Å². The van der Waals surface area contributed by atoms with Gasteiger partial charge < -0.3 is 10.4 Å². The van der Waals surface area contributed by atoms with Crippen molar-refractivity contribution in [2.24, 2.45) is 0 Å². The van der Waals surface area contributed by atoms with Gasteiger partial charge in [-0.05, 0) is 12.1 Å². The Labute approximate surface area is 149 Å². The van der Waals surface area contributed by atoms with Gasteiger partial charge in [-0.1, -0.05) is 27.7 Å². The molecule has 6 nitrogen and oxygen atoms in total. The minimum absolute atomic E-state index is 0. The van der Waals surface area contributed by atoms with Crippen LogP contribution in [0, 0.1) is 0 Å². The molecule has 9 heteroatoms. The number of carbonyl (C=O) groups is 1. The van der Waals surface area contributed by atoms with Crippen molar-refractivity contribution in [3.63, 3.8) is 0 Å². The van der Waals surface area contributed by atoms with Gasteiger partial charge in [-0.2, -0.15) is 0 Å². The van der Waals surface area contributed by atoms with Gasteiger partial charge in [0.1, 0.15) is 9.09 Å². The van der Waals surface area contributed by atoms with Crippen molar-refractivity contribution in [3.05, 3.63) is 22.3 Å². The summed E-state index contributed by atoms with van der Waals surface area (Å²) in [5.41, 5.74) is 0. The number of hydrogen-bond acceptors (Lipinski definition) is 4. The van der Waals surface area contributed by atoms with Crippen molar-refractivity contribution in [1.82, 2.24) is 4.31 Å². The minimum atomic E-state index is -3.50. The number of rotatable bonds is 5. The van der Waals surface area contributed by atoms with Crippen LogP contribution in [-0.4, -0.2) is 50.0 Å². The van der Waals surface area contributed by atoms with Gasteiger partial charge in [0.25, 0.3) is 10.0 Å². The van der Waals surface area contributed by atoms with Gasteiger partial charge in [0.2, 0.25) is 0 Å². The van der Waals surface area contributed by atoms with Crippen LogP contribution in [0.2, 0.25) is 0 Å². The summed E-state index contributed by atoms with van der Waals surface area (Å²) in [6.07, 6.45) is 0. The van der Waals surface area contributed by atoms with Gasteiger partial charge >= 0.3 is 24.8 Å². The Kier molecular flexibility index (Phi) is 11.3. The summed E-state index contributed by atoms with van der Waals surface area (Å²) in [7, 11) is -0.704. The first-order valence-corrected chi connectivity index (χ1v) is 8.69. The third kappa shape index (κ3) is 8.32. The molecule has 0 saturated heterocycles. The van der Waals surface area contributed by atoms with E-state index in [1.165, 1.54) is 26.2 Å². The fraction of sp³-hybridized carbons (Fsp3) is 0.615. The van der Waals surface area contributed by atoms with E-state index in [0.29, 0.717) is 12.1 Å². The molecular formula is C13H23LiN2O4S2. The van der Waals surface area contributed by atoms with Crippen molar-refractivity contribution in [3.8, 4) is 0 Å². The molecule has 0 bridgehead atoms. The summed E-state index contributed by atoms with van der Waals surface area (Å²) >= 11 is 0.747. The predicted octanol–water partition coefficient (Wildman–Crippen LogP) is -0.122. The van der Waals surface area contributed by atoms with E-state index in [2.05, 4.69) is 33.0 Å². The van der Waals surface area contributed by atoms with Crippen molar-refractivity contribution < 1.29 is 37.2 Å². The third-order valence-electron chi connectivity index (χ3n) is 2.12. The number of hydrogen-bond donors (Lipinski definition) is 1. The molecule has 1 aromatic heterocycles. The van der Waals surface area contributed by atoms with Crippen LogP contribution in [0.3, 0.4) is 0 Å². The van der Waals surface area contributed by atoms with E-state index in [1.54, 1.807) is 0 Å². The molecule has 1 rings (SSSR count). The summed E-state index contributed by atoms with van der Waals surface area (Å²) < 4.78 is 24.1. The molecule has 1 aromatic rings. The van der Waals surface area contributed by atoms with E-state index < -0.39 is 16.0 Å². The second kappa shape index (κ2) is 10.4. The number of carboxylic acids is 1. The summed E-state index contributed by atoms with van der Waals surface area (Å²) in [5, 5.41) is 12.9. The molecule has 0 amide bonds. The summed E-state index contributed by atoms with van der Waals surface area (Å²) in [6, 6.07) is 3.58. The SMILES string of the molecule is CC(C)[N-]C(C)C.CN(C)S(=O)(=O)c1ccc(C(=O)O)s1.[Li+]. The van der Waals surface area contributed by atoms with E-state index in [9.17, 15) is 13.2 Å². The number of aromatic carboxylic acids is 1. The Hall–Kier alpha value is -0.363. The molecule has 0 saturated carbocycles. The fourth-order valence-electron chi connectivity index (χ4n) is 1.35. The normalized spacial score (nSPS) is 11.1. The molecule has 0 atom stereocenters.